The van der Waals surface area contributed by atoms with Gasteiger partial charge in [-0.15, -0.1) is 0 Å². The molecule has 20 heavy (non-hydrogen) atoms. The van der Waals surface area contributed by atoms with Crippen LogP contribution in [0, 0.1) is 5.92 Å². The molecule has 1 unspecified atom stereocenters. The van der Waals surface area contributed by atoms with Crippen LogP contribution in [0.1, 0.15) is 6.42 Å². The Morgan fingerprint density at radius 1 is 1.30 bits per heavy atom. The Balaban J connectivity index is 1.88. The van der Waals surface area contributed by atoms with Gasteiger partial charge in [-0.3, -0.25) is 4.98 Å². The van der Waals surface area contributed by atoms with Gasteiger partial charge in [0.25, 0.3) is 0 Å². The lowest BCUT2D eigenvalue weighted by atomic mass is 10.1. The highest BCUT2D eigenvalue weighted by molar-refractivity contribution is 7.89. The second kappa shape index (κ2) is 5.47. The minimum atomic E-state index is -3.49. The molecule has 1 saturated heterocycles. The van der Waals surface area contributed by atoms with Crippen LogP contribution in [0.4, 0.5) is 0 Å². The molecule has 1 aromatic heterocycles. The lowest BCUT2D eigenvalue weighted by molar-refractivity contribution is 0.539. The van der Waals surface area contributed by atoms with Crippen molar-refractivity contribution in [1.29, 1.82) is 0 Å². The first-order valence-corrected chi connectivity index (χ1v) is 8.19. The molecule has 6 heteroatoms. The molecule has 3 rings (SSSR count). The topological polar surface area (TPSA) is 71.1 Å². The smallest absolute Gasteiger partial charge is 0.241 e. The first-order chi connectivity index (χ1) is 9.67. The van der Waals surface area contributed by atoms with Crippen molar-refractivity contribution in [2.24, 2.45) is 5.92 Å². The summed E-state index contributed by atoms with van der Waals surface area (Å²) < 4.78 is 27.6. The minimum absolute atomic E-state index is 0.300. The Labute approximate surface area is 118 Å². The number of benzene rings is 1. The number of nitrogens with one attached hydrogen (secondary N) is 2. The van der Waals surface area contributed by atoms with Crippen molar-refractivity contribution in [2.75, 3.05) is 19.6 Å². The van der Waals surface area contributed by atoms with E-state index in [0.29, 0.717) is 28.3 Å². The summed E-state index contributed by atoms with van der Waals surface area (Å²) >= 11 is 0. The fourth-order valence-electron chi connectivity index (χ4n) is 2.50. The van der Waals surface area contributed by atoms with Crippen molar-refractivity contribution >= 4 is 20.9 Å². The number of sulfonamides is 1. The molecule has 1 aliphatic rings. The summed E-state index contributed by atoms with van der Waals surface area (Å²) in [7, 11) is -3.49. The Kier molecular flexibility index (Phi) is 3.69. The van der Waals surface area contributed by atoms with E-state index in [1.54, 1.807) is 30.5 Å². The first-order valence-electron chi connectivity index (χ1n) is 6.71. The van der Waals surface area contributed by atoms with Crippen LogP contribution in [0.5, 0.6) is 0 Å². The molecule has 0 saturated carbocycles. The average molecular weight is 291 g/mol. The Morgan fingerprint density at radius 2 is 2.20 bits per heavy atom. The molecule has 0 amide bonds. The van der Waals surface area contributed by atoms with E-state index in [4.69, 9.17) is 0 Å². The van der Waals surface area contributed by atoms with E-state index in [1.165, 1.54) is 0 Å². The standard InChI is InChI=1S/C14H17N3O2S/c18-20(19,17-10-11-6-8-15-9-11)14-5-1-4-13-12(14)3-2-7-16-13/h1-5,7,11,15,17H,6,8-10H2. The number of rotatable bonds is 4. The molecule has 1 fully saturated rings. The Hall–Kier alpha value is -1.50. The van der Waals surface area contributed by atoms with E-state index in [2.05, 4.69) is 15.0 Å². The minimum Gasteiger partial charge on any atom is -0.316 e. The summed E-state index contributed by atoms with van der Waals surface area (Å²) in [5.74, 6) is 0.373. The number of hydrogen-bond donors (Lipinski definition) is 2. The largest absolute Gasteiger partial charge is 0.316 e. The maximum absolute atomic E-state index is 12.4. The van der Waals surface area contributed by atoms with Gasteiger partial charge in [0.1, 0.15) is 0 Å². The maximum atomic E-state index is 12.4. The summed E-state index contributed by atoms with van der Waals surface area (Å²) in [5.41, 5.74) is 0.693. The molecule has 2 N–H and O–H groups in total. The van der Waals surface area contributed by atoms with Gasteiger partial charge >= 0.3 is 0 Å². The number of fused-ring (bicyclic) bond motifs is 1. The van der Waals surface area contributed by atoms with Crippen molar-refractivity contribution in [3.8, 4) is 0 Å². The van der Waals surface area contributed by atoms with Gasteiger partial charge in [0.2, 0.25) is 10.0 Å². The van der Waals surface area contributed by atoms with E-state index in [0.717, 1.165) is 19.5 Å². The van der Waals surface area contributed by atoms with Gasteiger partial charge in [-0.1, -0.05) is 6.07 Å². The lowest BCUT2D eigenvalue weighted by Gasteiger charge is -2.12. The number of pyridine rings is 1. The van der Waals surface area contributed by atoms with Gasteiger partial charge in [-0.05, 0) is 49.7 Å². The first kappa shape index (κ1) is 13.5. The van der Waals surface area contributed by atoms with E-state index >= 15 is 0 Å². The number of hydrogen-bond acceptors (Lipinski definition) is 4. The van der Waals surface area contributed by atoms with E-state index in [1.807, 2.05) is 6.07 Å². The van der Waals surface area contributed by atoms with Crippen LogP contribution in [0.15, 0.2) is 41.4 Å². The molecule has 2 heterocycles. The van der Waals surface area contributed by atoms with Crippen LogP contribution in [0.2, 0.25) is 0 Å². The summed E-state index contributed by atoms with van der Waals surface area (Å²) in [6.07, 6.45) is 2.68. The molecule has 1 aromatic carbocycles. The zero-order chi connectivity index (χ0) is 14.0. The summed E-state index contributed by atoms with van der Waals surface area (Å²) in [4.78, 5) is 4.49. The molecule has 1 atom stereocenters. The van der Waals surface area contributed by atoms with Gasteiger partial charge in [-0.25, -0.2) is 13.1 Å². The van der Waals surface area contributed by atoms with Gasteiger partial charge < -0.3 is 5.32 Å². The normalized spacial score (nSPS) is 19.5. The molecular formula is C14H17N3O2S. The monoisotopic (exact) mass is 291 g/mol. The molecule has 0 spiro atoms. The highest BCUT2D eigenvalue weighted by Gasteiger charge is 2.21. The predicted molar refractivity (Wildman–Crippen MR) is 77.9 cm³/mol. The van der Waals surface area contributed by atoms with Crippen molar-refractivity contribution < 1.29 is 8.42 Å². The fraction of sp³-hybridized carbons (Fsp3) is 0.357. The lowest BCUT2D eigenvalue weighted by Crippen LogP contribution is -2.30. The second-order valence-electron chi connectivity index (χ2n) is 5.04. The zero-order valence-corrected chi connectivity index (χ0v) is 11.9. The van der Waals surface area contributed by atoms with Crippen molar-refractivity contribution in [1.82, 2.24) is 15.0 Å². The van der Waals surface area contributed by atoms with Gasteiger partial charge in [0, 0.05) is 18.1 Å². The van der Waals surface area contributed by atoms with Crippen molar-refractivity contribution in [3.05, 3.63) is 36.5 Å². The summed E-state index contributed by atoms with van der Waals surface area (Å²) in [6.45, 7) is 2.32. The zero-order valence-electron chi connectivity index (χ0n) is 11.0. The fourth-order valence-corrected chi connectivity index (χ4v) is 3.83. The van der Waals surface area contributed by atoms with Crippen LogP contribution in [-0.2, 0) is 10.0 Å². The SMILES string of the molecule is O=S(=O)(NCC1CCNC1)c1cccc2ncccc12. The Bertz CT molecular complexity index is 704. The van der Waals surface area contributed by atoms with Crippen LogP contribution >= 0.6 is 0 Å². The van der Waals surface area contributed by atoms with Crippen LogP contribution in [0.25, 0.3) is 10.9 Å². The molecule has 0 aliphatic carbocycles. The molecule has 1 aliphatic heterocycles. The van der Waals surface area contributed by atoms with Crippen LogP contribution in [0.3, 0.4) is 0 Å². The quantitative estimate of drug-likeness (QED) is 0.885. The highest BCUT2D eigenvalue weighted by atomic mass is 32.2. The molecule has 2 aromatic rings. The third-order valence-electron chi connectivity index (χ3n) is 3.62. The molecule has 0 bridgehead atoms. The van der Waals surface area contributed by atoms with Crippen molar-refractivity contribution in [2.45, 2.75) is 11.3 Å². The molecular weight excluding hydrogens is 274 g/mol. The molecule has 0 radical (unpaired) electrons. The van der Waals surface area contributed by atoms with E-state index in [-0.39, 0.29) is 0 Å². The number of aromatic nitrogens is 1. The predicted octanol–water partition coefficient (Wildman–Crippen LogP) is 1.12. The molecule has 5 nitrogen and oxygen atoms in total. The van der Waals surface area contributed by atoms with Crippen LogP contribution < -0.4 is 10.0 Å². The highest BCUT2D eigenvalue weighted by Crippen LogP contribution is 2.21. The second-order valence-corrected chi connectivity index (χ2v) is 6.77. The van der Waals surface area contributed by atoms with Gasteiger partial charge in [-0.2, -0.15) is 0 Å². The van der Waals surface area contributed by atoms with E-state index < -0.39 is 10.0 Å². The van der Waals surface area contributed by atoms with Crippen LogP contribution in [-0.4, -0.2) is 33.0 Å². The third kappa shape index (κ3) is 2.67. The molecule has 106 valence electrons. The van der Waals surface area contributed by atoms with Gasteiger partial charge in [0.05, 0.1) is 10.4 Å². The third-order valence-corrected chi connectivity index (χ3v) is 5.10. The number of nitrogens with zero attached hydrogens (tertiary/aromatic N) is 1. The average Bonchev–Trinajstić information content (AvgIpc) is 2.98. The maximum Gasteiger partial charge on any atom is 0.241 e. The van der Waals surface area contributed by atoms with Crippen molar-refractivity contribution in [3.63, 3.8) is 0 Å². The summed E-state index contributed by atoms with van der Waals surface area (Å²) in [6, 6.07) is 8.70. The summed E-state index contributed by atoms with van der Waals surface area (Å²) in [5, 5.41) is 3.89. The Morgan fingerprint density at radius 3 is 3.00 bits per heavy atom. The van der Waals surface area contributed by atoms with E-state index in [9.17, 15) is 8.42 Å². The van der Waals surface area contributed by atoms with Gasteiger partial charge in [0.15, 0.2) is 0 Å².